The van der Waals surface area contributed by atoms with Crippen molar-refractivity contribution in [1.82, 2.24) is 0 Å². The third-order valence-electron chi connectivity index (χ3n) is 1.84. The predicted octanol–water partition coefficient (Wildman–Crippen LogP) is 4.35. The number of thiophene rings is 1. The lowest BCUT2D eigenvalue weighted by atomic mass is 10.4. The van der Waals surface area contributed by atoms with E-state index in [0.29, 0.717) is 0 Å². The second kappa shape index (κ2) is 4.15. The van der Waals surface area contributed by atoms with Crippen LogP contribution in [0.2, 0.25) is 0 Å². The summed E-state index contributed by atoms with van der Waals surface area (Å²) >= 11 is 3.40. The van der Waals surface area contributed by atoms with Crippen LogP contribution in [0.5, 0.6) is 0 Å². The fourth-order valence-electron chi connectivity index (χ4n) is 1.07. The van der Waals surface area contributed by atoms with Gasteiger partial charge < -0.3 is 0 Å². The van der Waals surface area contributed by atoms with Gasteiger partial charge in [-0.1, -0.05) is 11.8 Å². The maximum absolute atomic E-state index is 12.6. The quantitative estimate of drug-likeness (QED) is 0.731. The van der Waals surface area contributed by atoms with Gasteiger partial charge in [-0.15, -0.1) is 11.3 Å². The van der Waals surface area contributed by atoms with Crippen LogP contribution < -0.4 is 0 Å². The number of aryl methyl sites for hydroxylation is 1. The molecule has 0 aliphatic heterocycles. The van der Waals surface area contributed by atoms with E-state index in [9.17, 15) is 4.39 Å². The molecule has 14 heavy (non-hydrogen) atoms. The second-order valence-corrected chi connectivity index (χ2v) is 5.21. The highest BCUT2D eigenvalue weighted by atomic mass is 32.2. The molecule has 2 rings (SSSR count). The summed E-state index contributed by atoms with van der Waals surface area (Å²) in [5.74, 6) is -0.183. The Morgan fingerprint density at radius 2 is 1.86 bits per heavy atom. The molecule has 0 fully saturated rings. The van der Waals surface area contributed by atoms with Crippen LogP contribution >= 0.6 is 23.1 Å². The van der Waals surface area contributed by atoms with Crippen LogP contribution in [0.1, 0.15) is 5.56 Å². The SMILES string of the molecule is Cc1ccsc1Sc1ccc(F)cc1. The maximum atomic E-state index is 12.6. The molecule has 0 radical (unpaired) electrons. The molecule has 0 bridgehead atoms. The second-order valence-electron chi connectivity index (χ2n) is 2.95. The zero-order valence-corrected chi connectivity index (χ0v) is 9.29. The first-order valence-electron chi connectivity index (χ1n) is 4.23. The van der Waals surface area contributed by atoms with Crippen LogP contribution in [0.4, 0.5) is 4.39 Å². The molecule has 72 valence electrons. The summed E-state index contributed by atoms with van der Waals surface area (Å²) < 4.78 is 13.9. The van der Waals surface area contributed by atoms with Crippen molar-refractivity contribution in [3.63, 3.8) is 0 Å². The molecule has 1 aromatic heterocycles. The Kier molecular flexibility index (Phi) is 2.89. The molecule has 0 amide bonds. The molecule has 0 spiro atoms. The molecule has 0 saturated heterocycles. The first-order chi connectivity index (χ1) is 6.75. The van der Waals surface area contributed by atoms with Crippen molar-refractivity contribution in [2.45, 2.75) is 16.0 Å². The third kappa shape index (κ3) is 2.16. The van der Waals surface area contributed by atoms with Gasteiger partial charge in [0.1, 0.15) is 5.82 Å². The van der Waals surface area contributed by atoms with Crippen LogP contribution in [-0.2, 0) is 0 Å². The van der Waals surface area contributed by atoms with E-state index in [4.69, 9.17) is 0 Å². The van der Waals surface area contributed by atoms with E-state index < -0.39 is 0 Å². The number of benzene rings is 1. The van der Waals surface area contributed by atoms with Crippen molar-refractivity contribution in [3.8, 4) is 0 Å². The van der Waals surface area contributed by atoms with E-state index >= 15 is 0 Å². The van der Waals surface area contributed by atoms with Crippen LogP contribution in [0.3, 0.4) is 0 Å². The number of rotatable bonds is 2. The summed E-state index contributed by atoms with van der Waals surface area (Å²) in [5, 5.41) is 2.07. The van der Waals surface area contributed by atoms with Gasteiger partial charge in [-0.2, -0.15) is 0 Å². The fraction of sp³-hybridized carbons (Fsp3) is 0.0909. The lowest BCUT2D eigenvalue weighted by Gasteiger charge is -1.99. The summed E-state index contributed by atoms with van der Waals surface area (Å²) in [5.41, 5.74) is 1.28. The zero-order valence-electron chi connectivity index (χ0n) is 7.66. The summed E-state index contributed by atoms with van der Waals surface area (Å²) in [6.45, 7) is 2.09. The van der Waals surface area contributed by atoms with E-state index in [1.807, 2.05) is 0 Å². The van der Waals surface area contributed by atoms with Gasteiger partial charge in [-0.05, 0) is 48.2 Å². The van der Waals surface area contributed by atoms with Gasteiger partial charge >= 0.3 is 0 Å². The minimum atomic E-state index is -0.183. The van der Waals surface area contributed by atoms with Gasteiger partial charge in [-0.25, -0.2) is 4.39 Å². The summed E-state index contributed by atoms with van der Waals surface area (Å²) in [7, 11) is 0. The number of hydrogen-bond acceptors (Lipinski definition) is 2. The Hall–Kier alpha value is -0.800. The van der Waals surface area contributed by atoms with Crippen molar-refractivity contribution in [3.05, 3.63) is 47.1 Å². The highest BCUT2D eigenvalue weighted by molar-refractivity contribution is 8.01. The Morgan fingerprint density at radius 3 is 2.43 bits per heavy atom. The van der Waals surface area contributed by atoms with Gasteiger partial charge in [-0.3, -0.25) is 0 Å². The largest absolute Gasteiger partial charge is 0.207 e. The van der Waals surface area contributed by atoms with Crippen LogP contribution in [-0.4, -0.2) is 0 Å². The highest BCUT2D eigenvalue weighted by Crippen LogP contribution is 2.34. The van der Waals surface area contributed by atoms with Gasteiger partial charge in [0.2, 0.25) is 0 Å². The molecule has 0 nitrogen and oxygen atoms in total. The summed E-state index contributed by atoms with van der Waals surface area (Å²) in [4.78, 5) is 1.08. The third-order valence-corrected chi connectivity index (χ3v) is 4.20. The molecule has 0 atom stereocenters. The van der Waals surface area contributed by atoms with E-state index in [1.165, 1.54) is 21.9 Å². The monoisotopic (exact) mass is 224 g/mol. The highest BCUT2D eigenvalue weighted by Gasteiger charge is 2.02. The van der Waals surface area contributed by atoms with Crippen LogP contribution in [0.15, 0.2) is 44.8 Å². The van der Waals surface area contributed by atoms with E-state index in [0.717, 1.165) is 4.90 Å². The molecule has 0 aliphatic carbocycles. The molecular weight excluding hydrogens is 215 g/mol. The normalized spacial score (nSPS) is 10.4. The fourth-order valence-corrected chi connectivity index (χ4v) is 3.09. The molecule has 0 unspecified atom stereocenters. The first kappa shape index (κ1) is 9.74. The maximum Gasteiger partial charge on any atom is 0.123 e. The Labute approximate surface area is 90.8 Å². The predicted molar refractivity (Wildman–Crippen MR) is 59.6 cm³/mol. The average Bonchev–Trinajstić information content (AvgIpc) is 2.56. The van der Waals surface area contributed by atoms with Crippen LogP contribution in [0.25, 0.3) is 0 Å². The Morgan fingerprint density at radius 1 is 1.14 bits per heavy atom. The lowest BCUT2D eigenvalue weighted by Crippen LogP contribution is -1.74. The minimum Gasteiger partial charge on any atom is -0.207 e. The van der Waals surface area contributed by atoms with Crippen molar-refractivity contribution in [2.75, 3.05) is 0 Å². The minimum absolute atomic E-state index is 0.183. The van der Waals surface area contributed by atoms with Crippen molar-refractivity contribution in [1.29, 1.82) is 0 Å². The molecule has 0 saturated carbocycles. The molecule has 1 aromatic carbocycles. The van der Waals surface area contributed by atoms with Crippen molar-refractivity contribution >= 4 is 23.1 Å². The van der Waals surface area contributed by atoms with Gasteiger partial charge in [0.25, 0.3) is 0 Å². The smallest absolute Gasteiger partial charge is 0.123 e. The van der Waals surface area contributed by atoms with Gasteiger partial charge in [0.05, 0.1) is 4.21 Å². The van der Waals surface area contributed by atoms with Crippen molar-refractivity contribution in [2.24, 2.45) is 0 Å². The Bertz CT molecular complexity index is 417. The van der Waals surface area contributed by atoms with Crippen LogP contribution in [0, 0.1) is 12.7 Å². The lowest BCUT2D eigenvalue weighted by molar-refractivity contribution is 0.626. The first-order valence-corrected chi connectivity index (χ1v) is 5.93. The molecule has 0 N–H and O–H groups in total. The van der Waals surface area contributed by atoms with Gasteiger partial charge in [0, 0.05) is 4.90 Å². The van der Waals surface area contributed by atoms with Crippen molar-refractivity contribution < 1.29 is 4.39 Å². The average molecular weight is 224 g/mol. The molecule has 2 aromatic rings. The number of hydrogen-bond donors (Lipinski definition) is 0. The summed E-state index contributed by atoms with van der Waals surface area (Å²) in [6.07, 6.45) is 0. The molecule has 3 heteroatoms. The molecular formula is C11H9FS2. The standard InChI is InChI=1S/C11H9FS2/c1-8-6-7-13-11(8)14-10-4-2-9(12)3-5-10/h2-7H,1H3. The summed E-state index contributed by atoms with van der Waals surface area (Å²) in [6, 6.07) is 8.69. The Balaban J connectivity index is 2.19. The van der Waals surface area contributed by atoms with E-state index in [-0.39, 0.29) is 5.82 Å². The topological polar surface area (TPSA) is 0 Å². The number of halogens is 1. The van der Waals surface area contributed by atoms with E-state index in [1.54, 1.807) is 35.2 Å². The van der Waals surface area contributed by atoms with E-state index in [2.05, 4.69) is 18.4 Å². The zero-order chi connectivity index (χ0) is 9.97. The van der Waals surface area contributed by atoms with Gasteiger partial charge in [0.15, 0.2) is 0 Å². The molecule has 0 aliphatic rings. The molecule has 1 heterocycles.